The highest BCUT2D eigenvalue weighted by Crippen LogP contribution is 2.22. The maximum absolute atomic E-state index is 12.8. The number of carbonyl (C=O) groups excluding carboxylic acids is 1. The second-order valence-corrected chi connectivity index (χ2v) is 6.20. The lowest BCUT2D eigenvalue weighted by Gasteiger charge is -2.32. The van der Waals surface area contributed by atoms with Crippen LogP contribution < -0.4 is 5.73 Å². The molecule has 0 aromatic carbocycles. The molecular formula is C18H19N5O2. The van der Waals surface area contributed by atoms with E-state index in [4.69, 9.17) is 10.5 Å². The fourth-order valence-corrected chi connectivity index (χ4v) is 3.03. The van der Waals surface area contributed by atoms with E-state index < -0.39 is 0 Å². The number of hydrogen-bond donors (Lipinski definition) is 1. The number of morpholine rings is 1. The van der Waals surface area contributed by atoms with Gasteiger partial charge in [-0.15, -0.1) is 0 Å². The highest BCUT2D eigenvalue weighted by atomic mass is 16.5. The third kappa shape index (κ3) is 3.06. The molecule has 1 aliphatic rings. The quantitative estimate of drug-likeness (QED) is 0.771. The Morgan fingerprint density at radius 2 is 2.12 bits per heavy atom. The zero-order chi connectivity index (χ0) is 17.4. The Morgan fingerprint density at radius 1 is 1.24 bits per heavy atom. The summed E-state index contributed by atoms with van der Waals surface area (Å²) in [5.74, 6) is 0.346. The molecule has 3 aromatic rings. The number of aryl methyl sites for hydroxylation is 1. The number of ether oxygens (including phenoxy) is 1. The smallest absolute Gasteiger partial charge is 0.274 e. The third-order valence-corrected chi connectivity index (χ3v) is 4.29. The summed E-state index contributed by atoms with van der Waals surface area (Å²) in [6.45, 7) is 3.43. The Hall–Kier alpha value is -2.93. The van der Waals surface area contributed by atoms with Crippen LogP contribution in [0.5, 0.6) is 0 Å². The van der Waals surface area contributed by atoms with Crippen molar-refractivity contribution in [1.82, 2.24) is 19.3 Å². The van der Waals surface area contributed by atoms with Gasteiger partial charge in [-0.3, -0.25) is 4.79 Å². The number of carbonyl (C=O) groups is 1. The van der Waals surface area contributed by atoms with E-state index in [9.17, 15) is 4.79 Å². The maximum atomic E-state index is 12.8. The second kappa shape index (κ2) is 6.18. The Labute approximate surface area is 145 Å². The molecule has 0 radical (unpaired) electrons. The number of fused-ring (bicyclic) bond motifs is 1. The van der Waals surface area contributed by atoms with Gasteiger partial charge in [0, 0.05) is 18.9 Å². The van der Waals surface area contributed by atoms with Crippen molar-refractivity contribution in [2.45, 2.75) is 13.0 Å². The average Bonchev–Trinajstić information content (AvgIpc) is 3.04. The van der Waals surface area contributed by atoms with Gasteiger partial charge >= 0.3 is 0 Å². The van der Waals surface area contributed by atoms with Crippen molar-refractivity contribution in [3.8, 4) is 0 Å². The van der Waals surface area contributed by atoms with Crippen LogP contribution in [0.15, 0.2) is 42.7 Å². The van der Waals surface area contributed by atoms with E-state index in [2.05, 4.69) is 9.97 Å². The van der Waals surface area contributed by atoms with Crippen LogP contribution in [-0.2, 0) is 4.74 Å². The summed E-state index contributed by atoms with van der Waals surface area (Å²) in [6.07, 6.45) is 3.45. The van der Waals surface area contributed by atoms with Crippen molar-refractivity contribution in [2.24, 2.45) is 0 Å². The number of nitrogens with zero attached hydrogens (tertiary/aromatic N) is 4. The first kappa shape index (κ1) is 15.6. The molecule has 3 aromatic heterocycles. The molecule has 0 aliphatic carbocycles. The van der Waals surface area contributed by atoms with Crippen molar-refractivity contribution >= 4 is 17.4 Å². The number of imidazole rings is 1. The van der Waals surface area contributed by atoms with E-state index in [1.807, 2.05) is 41.8 Å². The van der Waals surface area contributed by atoms with Crippen LogP contribution in [0.25, 0.3) is 5.65 Å². The molecule has 0 spiro atoms. The molecule has 0 unspecified atom stereocenters. The van der Waals surface area contributed by atoms with E-state index in [0.717, 1.165) is 16.9 Å². The molecule has 0 saturated carbocycles. The van der Waals surface area contributed by atoms with Crippen molar-refractivity contribution < 1.29 is 9.53 Å². The molecule has 1 saturated heterocycles. The van der Waals surface area contributed by atoms with Crippen LogP contribution in [-0.4, -0.2) is 44.9 Å². The second-order valence-electron chi connectivity index (χ2n) is 6.20. The molecular weight excluding hydrogens is 318 g/mol. The number of rotatable bonds is 2. The Morgan fingerprint density at radius 3 is 2.96 bits per heavy atom. The number of pyridine rings is 2. The number of nitrogens with two attached hydrogens (primary N) is 1. The Kier molecular flexibility index (Phi) is 3.85. The summed E-state index contributed by atoms with van der Waals surface area (Å²) in [5.41, 5.74) is 8.80. The molecule has 128 valence electrons. The molecule has 1 fully saturated rings. The van der Waals surface area contributed by atoms with Gasteiger partial charge in [-0.25, -0.2) is 9.97 Å². The van der Waals surface area contributed by atoms with Crippen molar-refractivity contribution in [3.63, 3.8) is 0 Å². The first-order valence-corrected chi connectivity index (χ1v) is 8.19. The van der Waals surface area contributed by atoms with Crippen LogP contribution in [0.2, 0.25) is 0 Å². The highest BCUT2D eigenvalue weighted by molar-refractivity contribution is 5.93. The molecule has 4 rings (SSSR count). The highest BCUT2D eigenvalue weighted by Gasteiger charge is 2.28. The minimum atomic E-state index is -0.277. The predicted molar refractivity (Wildman–Crippen MR) is 93.2 cm³/mol. The lowest BCUT2D eigenvalue weighted by Crippen LogP contribution is -2.42. The summed E-state index contributed by atoms with van der Waals surface area (Å²) in [5, 5.41) is 0. The number of anilines is 1. The first-order valence-electron chi connectivity index (χ1n) is 8.19. The SMILES string of the molecule is Cc1ccc2nc(C(=O)N3CCO[C@@H](c4cccc(N)n4)C3)cn2c1. The molecule has 1 atom stereocenters. The predicted octanol–water partition coefficient (Wildman–Crippen LogP) is 1.83. The standard InChI is InChI=1S/C18H19N5O2/c1-12-5-6-17-21-14(10-23(17)9-12)18(24)22-7-8-25-15(11-22)13-3-2-4-16(19)20-13/h2-6,9-10,15H,7-8,11H2,1H3,(H2,19,20)/t15-/m1/s1. The number of nitrogen functional groups attached to an aromatic ring is 1. The summed E-state index contributed by atoms with van der Waals surface area (Å²) >= 11 is 0. The van der Waals surface area contributed by atoms with E-state index >= 15 is 0 Å². The topological polar surface area (TPSA) is 85.8 Å². The average molecular weight is 337 g/mol. The Bertz CT molecular complexity index is 936. The number of amides is 1. The van der Waals surface area contributed by atoms with E-state index in [1.165, 1.54) is 0 Å². The van der Waals surface area contributed by atoms with Crippen LogP contribution in [0.3, 0.4) is 0 Å². The fraction of sp³-hybridized carbons (Fsp3) is 0.278. The van der Waals surface area contributed by atoms with Gasteiger partial charge in [0.1, 0.15) is 23.3 Å². The monoisotopic (exact) mass is 337 g/mol. The van der Waals surface area contributed by atoms with Gasteiger partial charge in [-0.05, 0) is 30.7 Å². The third-order valence-electron chi connectivity index (χ3n) is 4.29. The van der Waals surface area contributed by atoms with Crippen LogP contribution >= 0.6 is 0 Å². The summed E-state index contributed by atoms with van der Waals surface area (Å²) in [7, 11) is 0. The van der Waals surface area contributed by atoms with Gasteiger partial charge in [0.2, 0.25) is 0 Å². The van der Waals surface area contributed by atoms with E-state index in [0.29, 0.717) is 31.2 Å². The van der Waals surface area contributed by atoms with Crippen LogP contribution in [0.4, 0.5) is 5.82 Å². The van der Waals surface area contributed by atoms with E-state index in [1.54, 1.807) is 17.2 Å². The van der Waals surface area contributed by atoms with Crippen LogP contribution in [0.1, 0.15) is 27.8 Å². The lowest BCUT2D eigenvalue weighted by molar-refractivity contribution is -0.0248. The zero-order valence-electron chi connectivity index (χ0n) is 13.9. The van der Waals surface area contributed by atoms with Crippen molar-refractivity contribution in [3.05, 3.63) is 59.7 Å². The summed E-state index contributed by atoms with van der Waals surface area (Å²) in [6, 6.07) is 9.32. The van der Waals surface area contributed by atoms with Crippen LogP contribution in [0, 0.1) is 6.92 Å². The molecule has 7 nitrogen and oxygen atoms in total. The van der Waals surface area contributed by atoms with Gasteiger partial charge in [0.25, 0.3) is 5.91 Å². The fourth-order valence-electron chi connectivity index (χ4n) is 3.03. The molecule has 1 aliphatic heterocycles. The first-order chi connectivity index (χ1) is 12.1. The molecule has 25 heavy (non-hydrogen) atoms. The van der Waals surface area contributed by atoms with Crippen molar-refractivity contribution in [1.29, 1.82) is 0 Å². The maximum Gasteiger partial charge on any atom is 0.274 e. The molecule has 1 amide bonds. The summed E-state index contributed by atoms with van der Waals surface area (Å²) in [4.78, 5) is 23.3. The zero-order valence-corrected chi connectivity index (χ0v) is 13.9. The number of aromatic nitrogens is 3. The Balaban J connectivity index is 1.56. The van der Waals surface area contributed by atoms with Gasteiger partial charge in [-0.1, -0.05) is 12.1 Å². The molecule has 0 bridgehead atoms. The van der Waals surface area contributed by atoms with Gasteiger partial charge in [0.05, 0.1) is 18.8 Å². The minimum absolute atomic E-state index is 0.0986. The van der Waals surface area contributed by atoms with E-state index in [-0.39, 0.29) is 12.0 Å². The van der Waals surface area contributed by atoms with Crippen molar-refractivity contribution in [2.75, 3.05) is 25.4 Å². The molecule has 2 N–H and O–H groups in total. The minimum Gasteiger partial charge on any atom is -0.384 e. The van der Waals surface area contributed by atoms with Gasteiger partial charge in [-0.2, -0.15) is 0 Å². The normalized spacial score (nSPS) is 17.8. The van der Waals surface area contributed by atoms with Gasteiger partial charge < -0.3 is 19.8 Å². The molecule has 7 heteroatoms. The number of hydrogen-bond acceptors (Lipinski definition) is 5. The largest absolute Gasteiger partial charge is 0.384 e. The summed E-state index contributed by atoms with van der Waals surface area (Å²) < 4.78 is 7.65. The molecule has 4 heterocycles. The van der Waals surface area contributed by atoms with Gasteiger partial charge in [0.15, 0.2) is 0 Å². The lowest BCUT2D eigenvalue weighted by atomic mass is 10.1.